The fourth-order valence-corrected chi connectivity index (χ4v) is 3.03. The molecule has 0 aliphatic heterocycles. The summed E-state index contributed by atoms with van der Waals surface area (Å²) in [5.74, 6) is 1.14. The van der Waals surface area contributed by atoms with Gasteiger partial charge in [0.1, 0.15) is 16.5 Å². The highest BCUT2D eigenvalue weighted by molar-refractivity contribution is 7.13. The molecule has 132 valence electrons. The molecule has 0 saturated carbocycles. The van der Waals surface area contributed by atoms with Crippen LogP contribution in [0.25, 0.3) is 16.6 Å². The van der Waals surface area contributed by atoms with Crippen molar-refractivity contribution in [3.8, 4) is 22.1 Å². The summed E-state index contributed by atoms with van der Waals surface area (Å²) in [5, 5.41) is 5.72. The molecule has 3 aromatic rings. The van der Waals surface area contributed by atoms with E-state index in [1.807, 2.05) is 35.7 Å². The molecule has 0 radical (unpaired) electrons. The van der Waals surface area contributed by atoms with Crippen LogP contribution in [0, 0.1) is 0 Å². The Morgan fingerprint density at radius 3 is 2.58 bits per heavy atom. The van der Waals surface area contributed by atoms with Crippen molar-refractivity contribution >= 4 is 29.0 Å². The molecule has 2 aromatic carbocycles. The lowest BCUT2D eigenvalue weighted by atomic mass is 10.1. The van der Waals surface area contributed by atoms with Crippen LogP contribution in [0.4, 0.5) is 5.69 Å². The van der Waals surface area contributed by atoms with E-state index >= 15 is 0 Å². The summed E-state index contributed by atoms with van der Waals surface area (Å²) in [6.07, 6.45) is 4.93. The molecule has 0 aliphatic rings. The van der Waals surface area contributed by atoms with E-state index in [2.05, 4.69) is 10.3 Å². The lowest BCUT2D eigenvalue weighted by molar-refractivity contribution is -0.111. The molecule has 0 unspecified atom stereocenters. The van der Waals surface area contributed by atoms with Crippen LogP contribution in [-0.2, 0) is 4.79 Å². The Bertz CT molecular complexity index is 903. The molecule has 5 nitrogen and oxygen atoms in total. The number of hydrogen-bond donors (Lipinski definition) is 1. The average Bonchev–Trinajstić information content (AvgIpc) is 3.21. The smallest absolute Gasteiger partial charge is 0.248 e. The fraction of sp³-hybridized carbons (Fsp3) is 0.100. The summed E-state index contributed by atoms with van der Waals surface area (Å²) in [6, 6.07) is 13.0. The summed E-state index contributed by atoms with van der Waals surface area (Å²) in [5.41, 5.74) is 2.51. The summed E-state index contributed by atoms with van der Waals surface area (Å²) < 4.78 is 10.5. The Morgan fingerprint density at radius 2 is 1.92 bits per heavy atom. The number of aromatic nitrogens is 1. The van der Waals surface area contributed by atoms with Gasteiger partial charge in [0.25, 0.3) is 0 Å². The van der Waals surface area contributed by atoms with E-state index in [-0.39, 0.29) is 5.91 Å². The van der Waals surface area contributed by atoms with Gasteiger partial charge in [0.15, 0.2) is 0 Å². The van der Waals surface area contributed by atoms with E-state index in [0.29, 0.717) is 11.5 Å². The number of methoxy groups -OCH3 is 2. The third-order valence-corrected chi connectivity index (χ3v) is 4.51. The lowest BCUT2D eigenvalue weighted by Crippen LogP contribution is -2.07. The van der Waals surface area contributed by atoms with Crippen LogP contribution in [0.15, 0.2) is 60.1 Å². The number of nitrogens with one attached hydrogen (secondary N) is 1. The van der Waals surface area contributed by atoms with Crippen molar-refractivity contribution in [2.45, 2.75) is 0 Å². The molecule has 1 heterocycles. The Kier molecular flexibility index (Phi) is 5.66. The first-order chi connectivity index (χ1) is 12.7. The maximum atomic E-state index is 12.2. The molecule has 1 amide bonds. The van der Waals surface area contributed by atoms with Crippen LogP contribution in [0.5, 0.6) is 11.5 Å². The van der Waals surface area contributed by atoms with E-state index < -0.39 is 0 Å². The summed E-state index contributed by atoms with van der Waals surface area (Å²) in [6.45, 7) is 0. The maximum absolute atomic E-state index is 12.2. The van der Waals surface area contributed by atoms with Gasteiger partial charge in [-0.25, -0.2) is 4.98 Å². The van der Waals surface area contributed by atoms with Crippen LogP contribution in [0.3, 0.4) is 0 Å². The zero-order valence-electron chi connectivity index (χ0n) is 14.4. The number of rotatable bonds is 6. The first-order valence-corrected chi connectivity index (χ1v) is 8.78. The van der Waals surface area contributed by atoms with E-state index in [0.717, 1.165) is 21.8 Å². The fourth-order valence-electron chi connectivity index (χ4n) is 2.38. The van der Waals surface area contributed by atoms with Gasteiger partial charge in [-0.15, -0.1) is 11.3 Å². The van der Waals surface area contributed by atoms with Gasteiger partial charge in [0.05, 0.1) is 14.2 Å². The SMILES string of the molecule is COc1ccc(OC)c(/C=C/C(=O)Nc2ccc(-c3nccs3)cc2)c1. The molecule has 26 heavy (non-hydrogen) atoms. The second kappa shape index (κ2) is 8.31. The van der Waals surface area contributed by atoms with E-state index in [9.17, 15) is 4.79 Å². The molecular formula is C20H18N2O3S. The van der Waals surface area contributed by atoms with Crippen molar-refractivity contribution in [1.82, 2.24) is 4.98 Å². The number of carbonyl (C=O) groups is 1. The number of nitrogens with zero attached hydrogens (tertiary/aromatic N) is 1. The number of thiazole rings is 1. The molecule has 0 spiro atoms. The van der Waals surface area contributed by atoms with Gasteiger partial charge in [0, 0.05) is 34.5 Å². The summed E-state index contributed by atoms with van der Waals surface area (Å²) in [7, 11) is 3.18. The highest BCUT2D eigenvalue weighted by atomic mass is 32.1. The second-order valence-corrected chi connectivity index (χ2v) is 6.24. The van der Waals surface area contributed by atoms with Crippen molar-refractivity contribution in [2.75, 3.05) is 19.5 Å². The predicted octanol–water partition coefficient (Wildman–Crippen LogP) is 4.48. The molecule has 1 N–H and O–H groups in total. The van der Waals surface area contributed by atoms with Gasteiger partial charge < -0.3 is 14.8 Å². The van der Waals surface area contributed by atoms with Crippen molar-refractivity contribution < 1.29 is 14.3 Å². The summed E-state index contributed by atoms with van der Waals surface area (Å²) >= 11 is 1.58. The molecule has 0 atom stereocenters. The Balaban J connectivity index is 1.68. The molecular weight excluding hydrogens is 348 g/mol. The summed E-state index contributed by atoms with van der Waals surface area (Å²) in [4.78, 5) is 16.4. The van der Waals surface area contributed by atoms with Crippen LogP contribution >= 0.6 is 11.3 Å². The number of ether oxygens (including phenoxy) is 2. The first-order valence-electron chi connectivity index (χ1n) is 7.90. The monoisotopic (exact) mass is 366 g/mol. The largest absolute Gasteiger partial charge is 0.497 e. The van der Waals surface area contributed by atoms with E-state index in [1.165, 1.54) is 6.08 Å². The number of benzene rings is 2. The predicted molar refractivity (Wildman–Crippen MR) is 105 cm³/mol. The number of carbonyl (C=O) groups excluding carboxylic acids is 1. The lowest BCUT2D eigenvalue weighted by Gasteiger charge is -2.07. The first kappa shape index (κ1) is 17.7. The van der Waals surface area contributed by atoms with Crippen LogP contribution < -0.4 is 14.8 Å². The highest BCUT2D eigenvalue weighted by Gasteiger charge is 2.04. The van der Waals surface area contributed by atoms with Crippen molar-refractivity contribution in [3.05, 3.63) is 65.7 Å². The Morgan fingerprint density at radius 1 is 1.12 bits per heavy atom. The van der Waals surface area contributed by atoms with Crippen molar-refractivity contribution in [3.63, 3.8) is 0 Å². The number of anilines is 1. The minimum Gasteiger partial charge on any atom is -0.497 e. The van der Waals surface area contributed by atoms with Gasteiger partial charge in [-0.2, -0.15) is 0 Å². The van der Waals surface area contributed by atoms with E-state index in [4.69, 9.17) is 9.47 Å². The second-order valence-electron chi connectivity index (χ2n) is 5.35. The third kappa shape index (κ3) is 4.29. The molecule has 0 saturated heterocycles. The Hall–Kier alpha value is -3.12. The van der Waals surface area contributed by atoms with Gasteiger partial charge in [-0.3, -0.25) is 4.79 Å². The standard InChI is InChI=1S/C20H18N2O3S/c1-24-17-8-9-18(25-2)15(13-17)5-10-19(23)22-16-6-3-14(4-7-16)20-21-11-12-26-20/h3-13H,1-2H3,(H,22,23)/b10-5+. The zero-order valence-corrected chi connectivity index (χ0v) is 15.2. The van der Waals surface area contributed by atoms with Gasteiger partial charge >= 0.3 is 0 Å². The zero-order chi connectivity index (χ0) is 18.4. The van der Waals surface area contributed by atoms with Crippen LogP contribution in [0.1, 0.15) is 5.56 Å². The Labute approximate surface area is 155 Å². The molecule has 3 rings (SSSR count). The van der Waals surface area contributed by atoms with Gasteiger partial charge in [0.2, 0.25) is 5.91 Å². The molecule has 1 aromatic heterocycles. The van der Waals surface area contributed by atoms with Gasteiger partial charge in [-0.1, -0.05) is 0 Å². The minimum absolute atomic E-state index is 0.225. The van der Waals surface area contributed by atoms with Gasteiger partial charge in [-0.05, 0) is 48.5 Å². The van der Waals surface area contributed by atoms with Crippen LogP contribution in [0.2, 0.25) is 0 Å². The normalized spacial score (nSPS) is 10.7. The number of amides is 1. The topological polar surface area (TPSA) is 60.5 Å². The average molecular weight is 366 g/mol. The quantitative estimate of drug-likeness (QED) is 0.654. The highest BCUT2D eigenvalue weighted by Crippen LogP contribution is 2.25. The van der Waals surface area contributed by atoms with Crippen molar-refractivity contribution in [2.24, 2.45) is 0 Å². The van der Waals surface area contributed by atoms with Crippen LogP contribution in [-0.4, -0.2) is 25.1 Å². The van der Waals surface area contributed by atoms with Crippen molar-refractivity contribution in [1.29, 1.82) is 0 Å². The third-order valence-electron chi connectivity index (χ3n) is 3.68. The maximum Gasteiger partial charge on any atom is 0.248 e. The molecule has 0 bridgehead atoms. The molecule has 6 heteroatoms. The minimum atomic E-state index is -0.225. The molecule has 0 aliphatic carbocycles. The number of hydrogen-bond acceptors (Lipinski definition) is 5. The van der Waals surface area contributed by atoms with E-state index in [1.54, 1.807) is 50.0 Å². The molecule has 0 fully saturated rings.